The number of nitrogens with zero attached hydrogens (tertiary/aromatic N) is 2. The number of halogens is 4. The zero-order valence-corrected chi connectivity index (χ0v) is 19.1. The molecule has 35 heavy (non-hydrogen) atoms. The van der Waals surface area contributed by atoms with Crippen LogP contribution in [0.1, 0.15) is 22.7 Å². The highest BCUT2D eigenvalue weighted by molar-refractivity contribution is 9.10. The Bertz CT molecular complexity index is 1370. The standard InChI is InChI=1S/C24H14BrF3N2O5/c25-16-8-4-14(5-9-16)21(31)19-20(13-6-10-17(11-7-13)30(34)35)29(23(33)22(19)32)18-3-1-2-15(12-18)24(26,27)28/h1-12,20,31H. The minimum Gasteiger partial charge on any atom is -0.507 e. The molecule has 3 aromatic carbocycles. The topological polar surface area (TPSA) is 101 Å². The van der Waals surface area contributed by atoms with E-state index < -0.39 is 40.2 Å². The van der Waals surface area contributed by atoms with Gasteiger partial charge >= 0.3 is 6.18 Å². The molecule has 4 rings (SSSR count). The van der Waals surface area contributed by atoms with Crippen molar-refractivity contribution in [3.63, 3.8) is 0 Å². The van der Waals surface area contributed by atoms with Crippen LogP contribution >= 0.6 is 15.9 Å². The summed E-state index contributed by atoms with van der Waals surface area (Å²) in [6.45, 7) is 0. The number of aliphatic hydroxyl groups excluding tert-OH is 1. The molecule has 1 fully saturated rings. The van der Waals surface area contributed by atoms with Crippen molar-refractivity contribution in [2.24, 2.45) is 0 Å². The Morgan fingerprint density at radius 3 is 2.20 bits per heavy atom. The van der Waals surface area contributed by atoms with Gasteiger partial charge in [0.1, 0.15) is 5.76 Å². The lowest BCUT2D eigenvalue weighted by Crippen LogP contribution is -2.29. The fraction of sp³-hybridized carbons (Fsp3) is 0.0833. The van der Waals surface area contributed by atoms with Crippen LogP contribution in [0.2, 0.25) is 0 Å². The lowest BCUT2D eigenvalue weighted by atomic mass is 9.95. The Morgan fingerprint density at radius 1 is 1.00 bits per heavy atom. The van der Waals surface area contributed by atoms with Crippen LogP contribution in [0.3, 0.4) is 0 Å². The summed E-state index contributed by atoms with van der Waals surface area (Å²) in [5, 5.41) is 22.1. The fourth-order valence-electron chi connectivity index (χ4n) is 3.79. The Balaban J connectivity index is 1.94. The number of rotatable bonds is 4. The summed E-state index contributed by atoms with van der Waals surface area (Å²) in [4.78, 5) is 37.4. The Labute approximate surface area is 204 Å². The van der Waals surface area contributed by atoms with Gasteiger partial charge < -0.3 is 5.11 Å². The summed E-state index contributed by atoms with van der Waals surface area (Å²) >= 11 is 3.26. The highest BCUT2D eigenvalue weighted by atomic mass is 79.9. The molecular weight excluding hydrogens is 533 g/mol. The number of hydrogen-bond acceptors (Lipinski definition) is 5. The second-order valence-corrected chi connectivity index (χ2v) is 8.49. The number of amides is 1. The van der Waals surface area contributed by atoms with Crippen LogP contribution < -0.4 is 4.90 Å². The SMILES string of the molecule is O=C1C(=O)N(c2cccc(C(F)(F)F)c2)C(c2ccc([N+](=O)[O-])cc2)C1=C(O)c1ccc(Br)cc1. The molecule has 1 amide bonds. The highest BCUT2D eigenvalue weighted by Crippen LogP contribution is 2.43. The van der Waals surface area contributed by atoms with E-state index in [1.165, 1.54) is 30.3 Å². The first-order valence-corrected chi connectivity index (χ1v) is 10.8. The van der Waals surface area contributed by atoms with Gasteiger partial charge in [-0.25, -0.2) is 0 Å². The van der Waals surface area contributed by atoms with Crippen LogP contribution in [0.4, 0.5) is 24.5 Å². The van der Waals surface area contributed by atoms with E-state index in [2.05, 4.69) is 15.9 Å². The Hall–Kier alpha value is -3.99. The molecule has 3 aromatic rings. The zero-order valence-electron chi connectivity index (χ0n) is 17.5. The average Bonchev–Trinajstić information content (AvgIpc) is 3.09. The number of benzene rings is 3. The van der Waals surface area contributed by atoms with Crippen molar-refractivity contribution in [2.45, 2.75) is 12.2 Å². The first-order chi connectivity index (χ1) is 16.5. The third-order valence-electron chi connectivity index (χ3n) is 5.43. The van der Waals surface area contributed by atoms with E-state index in [9.17, 15) is 38.0 Å². The summed E-state index contributed by atoms with van der Waals surface area (Å²) in [6, 6.07) is 13.6. The summed E-state index contributed by atoms with van der Waals surface area (Å²) < 4.78 is 40.7. The van der Waals surface area contributed by atoms with Crippen molar-refractivity contribution < 1.29 is 32.8 Å². The van der Waals surface area contributed by atoms with Crippen molar-refractivity contribution >= 4 is 44.8 Å². The van der Waals surface area contributed by atoms with Crippen LogP contribution in [0.25, 0.3) is 5.76 Å². The lowest BCUT2D eigenvalue weighted by molar-refractivity contribution is -0.384. The summed E-state index contributed by atoms with van der Waals surface area (Å²) in [5.74, 6) is -2.79. The molecule has 1 aliphatic rings. The van der Waals surface area contributed by atoms with Gasteiger partial charge in [0.25, 0.3) is 17.4 Å². The number of nitro benzene ring substituents is 1. The monoisotopic (exact) mass is 546 g/mol. The maximum absolute atomic E-state index is 13.3. The first kappa shape index (κ1) is 24.1. The predicted molar refractivity (Wildman–Crippen MR) is 123 cm³/mol. The lowest BCUT2D eigenvalue weighted by Gasteiger charge is -2.26. The van der Waals surface area contributed by atoms with E-state index in [4.69, 9.17) is 0 Å². The van der Waals surface area contributed by atoms with E-state index in [-0.39, 0.29) is 28.1 Å². The van der Waals surface area contributed by atoms with Crippen molar-refractivity contribution in [1.29, 1.82) is 0 Å². The number of aliphatic hydroxyl groups is 1. The van der Waals surface area contributed by atoms with E-state index in [1.54, 1.807) is 12.1 Å². The Kier molecular flexibility index (Phi) is 6.20. The molecule has 0 saturated carbocycles. The molecule has 1 atom stereocenters. The molecule has 11 heteroatoms. The van der Waals surface area contributed by atoms with Gasteiger partial charge in [-0.3, -0.25) is 24.6 Å². The molecule has 0 spiro atoms. The predicted octanol–water partition coefficient (Wildman–Crippen LogP) is 6.00. The van der Waals surface area contributed by atoms with E-state index in [0.29, 0.717) is 4.47 Å². The number of carbonyl (C=O) groups excluding carboxylic acids is 2. The third-order valence-corrected chi connectivity index (χ3v) is 5.96. The number of hydrogen-bond donors (Lipinski definition) is 1. The largest absolute Gasteiger partial charge is 0.507 e. The minimum atomic E-state index is -4.70. The van der Waals surface area contributed by atoms with Crippen molar-refractivity contribution in [1.82, 2.24) is 0 Å². The second-order valence-electron chi connectivity index (χ2n) is 7.57. The number of alkyl halides is 3. The molecule has 1 N–H and O–H groups in total. The number of carbonyl (C=O) groups is 2. The molecule has 0 radical (unpaired) electrons. The normalized spacial score (nSPS) is 17.6. The van der Waals surface area contributed by atoms with Gasteiger partial charge in [-0.1, -0.05) is 34.1 Å². The van der Waals surface area contributed by atoms with Gasteiger partial charge in [-0.05, 0) is 48.0 Å². The van der Waals surface area contributed by atoms with Crippen LogP contribution in [0.5, 0.6) is 0 Å². The molecular formula is C24H14BrF3N2O5. The average molecular weight is 547 g/mol. The molecule has 1 unspecified atom stereocenters. The molecule has 1 aliphatic heterocycles. The van der Waals surface area contributed by atoms with Crippen molar-refractivity contribution in [3.05, 3.63) is 110 Å². The Morgan fingerprint density at radius 2 is 1.63 bits per heavy atom. The smallest absolute Gasteiger partial charge is 0.416 e. The molecule has 1 saturated heterocycles. The van der Waals surface area contributed by atoms with Gasteiger partial charge in [0.05, 0.1) is 22.1 Å². The van der Waals surface area contributed by atoms with Gasteiger partial charge in [-0.2, -0.15) is 13.2 Å². The maximum Gasteiger partial charge on any atom is 0.416 e. The third kappa shape index (κ3) is 4.54. The molecule has 0 bridgehead atoms. The number of anilines is 1. The number of ketones is 1. The summed E-state index contributed by atoms with van der Waals surface area (Å²) in [6.07, 6.45) is -4.70. The number of Topliss-reactive ketones (excluding diaryl/α,β-unsaturated/α-hetero) is 1. The maximum atomic E-state index is 13.3. The molecule has 1 heterocycles. The van der Waals surface area contributed by atoms with E-state index in [0.717, 1.165) is 35.2 Å². The van der Waals surface area contributed by atoms with E-state index >= 15 is 0 Å². The number of nitro groups is 1. The van der Waals surface area contributed by atoms with Gasteiger partial charge in [0.2, 0.25) is 0 Å². The number of non-ortho nitro benzene ring substituents is 1. The molecule has 178 valence electrons. The summed E-state index contributed by atoms with van der Waals surface area (Å²) in [7, 11) is 0. The van der Waals surface area contributed by atoms with Crippen molar-refractivity contribution in [3.8, 4) is 0 Å². The molecule has 7 nitrogen and oxygen atoms in total. The van der Waals surface area contributed by atoms with Gasteiger partial charge in [0.15, 0.2) is 0 Å². The minimum absolute atomic E-state index is 0.186. The van der Waals surface area contributed by atoms with Crippen LogP contribution in [-0.4, -0.2) is 21.7 Å². The quantitative estimate of drug-likeness (QED) is 0.142. The first-order valence-electron chi connectivity index (χ1n) is 9.97. The zero-order chi connectivity index (χ0) is 25.5. The highest BCUT2D eigenvalue weighted by Gasteiger charge is 2.47. The van der Waals surface area contributed by atoms with Crippen molar-refractivity contribution in [2.75, 3.05) is 4.90 Å². The van der Waals surface area contributed by atoms with Gasteiger partial charge in [-0.15, -0.1) is 0 Å². The van der Waals surface area contributed by atoms with Gasteiger partial charge in [0, 0.05) is 27.9 Å². The molecule has 0 aromatic heterocycles. The van der Waals surface area contributed by atoms with Crippen LogP contribution in [0, 0.1) is 10.1 Å². The van der Waals surface area contributed by atoms with Crippen LogP contribution in [0.15, 0.2) is 82.8 Å². The fourth-order valence-corrected chi connectivity index (χ4v) is 4.05. The summed E-state index contributed by atoms with van der Waals surface area (Å²) in [5.41, 5.74) is -1.50. The second kappa shape index (κ2) is 8.99. The van der Waals surface area contributed by atoms with E-state index in [1.807, 2.05) is 0 Å². The van der Waals surface area contributed by atoms with Crippen LogP contribution in [-0.2, 0) is 15.8 Å². The molecule has 0 aliphatic carbocycles.